The van der Waals surface area contributed by atoms with Gasteiger partial charge in [-0.2, -0.15) is 0 Å². The smallest absolute Gasteiger partial charge is 0.194 e. The molecule has 0 saturated carbocycles. The largest absolute Gasteiger partial charge is 0.397 e. The van der Waals surface area contributed by atoms with Crippen molar-refractivity contribution in [3.8, 4) is 0 Å². The topological polar surface area (TPSA) is 64.7 Å². The molecular formula is C10H9ClN4S. The van der Waals surface area contributed by atoms with Crippen molar-refractivity contribution in [2.75, 3.05) is 5.73 Å². The van der Waals surface area contributed by atoms with E-state index < -0.39 is 0 Å². The maximum atomic E-state index is 5.79. The highest BCUT2D eigenvalue weighted by atomic mass is 35.5. The molecule has 4 nitrogen and oxygen atoms in total. The fourth-order valence-electron chi connectivity index (χ4n) is 1.07. The molecule has 2 N–H and O–H groups in total. The van der Waals surface area contributed by atoms with Crippen LogP contribution >= 0.6 is 23.4 Å². The molecule has 0 aliphatic rings. The number of halogens is 1. The van der Waals surface area contributed by atoms with Gasteiger partial charge in [0.2, 0.25) is 0 Å². The van der Waals surface area contributed by atoms with E-state index in [1.165, 1.54) is 11.8 Å². The number of nitrogen functional groups attached to an aromatic ring is 1. The minimum atomic E-state index is 0.407. The van der Waals surface area contributed by atoms with Crippen LogP contribution in [0.1, 0.15) is 5.69 Å². The number of pyridine rings is 1. The first-order valence-corrected chi connectivity index (χ1v) is 5.74. The van der Waals surface area contributed by atoms with Crippen LogP contribution in [0.5, 0.6) is 0 Å². The number of nitrogens with two attached hydrogens (primary N) is 1. The summed E-state index contributed by atoms with van der Waals surface area (Å²) in [6.07, 6.45) is 1.70. The number of aryl methyl sites for hydroxylation is 1. The lowest BCUT2D eigenvalue weighted by Gasteiger charge is -2.03. The Morgan fingerprint density at radius 2 is 2.06 bits per heavy atom. The van der Waals surface area contributed by atoms with Crippen molar-refractivity contribution >= 4 is 29.1 Å². The molecule has 0 fully saturated rings. The van der Waals surface area contributed by atoms with Crippen LogP contribution in [-0.4, -0.2) is 15.0 Å². The molecule has 0 bridgehead atoms. The zero-order valence-electron chi connectivity index (χ0n) is 8.51. The average molecular weight is 253 g/mol. The zero-order chi connectivity index (χ0) is 11.5. The van der Waals surface area contributed by atoms with Crippen molar-refractivity contribution < 1.29 is 0 Å². The van der Waals surface area contributed by atoms with Gasteiger partial charge in [-0.1, -0.05) is 11.6 Å². The summed E-state index contributed by atoms with van der Waals surface area (Å²) in [7, 11) is 0. The van der Waals surface area contributed by atoms with Crippen molar-refractivity contribution in [2.24, 2.45) is 0 Å². The minimum Gasteiger partial charge on any atom is -0.397 e. The first kappa shape index (κ1) is 11.2. The number of rotatable bonds is 2. The van der Waals surface area contributed by atoms with E-state index in [4.69, 9.17) is 17.3 Å². The van der Waals surface area contributed by atoms with Crippen LogP contribution < -0.4 is 5.73 Å². The zero-order valence-corrected chi connectivity index (χ0v) is 10.1. The van der Waals surface area contributed by atoms with Crippen molar-refractivity contribution in [1.82, 2.24) is 15.0 Å². The lowest BCUT2D eigenvalue weighted by atomic mass is 10.4. The van der Waals surface area contributed by atoms with Crippen LogP contribution in [-0.2, 0) is 0 Å². The van der Waals surface area contributed by atoms with E-state index in [-0.39, 0.29) is 0 Å². The molecule has 2 aromatic rings. The van der Waals surface area contributed by atoms with E-state index >= 15 is 0 Å². The Morgan fingerprint density at radius 1 is 1.25 bits per heavy atom. The molecular weight excluding hydrogens is 244 g/mol. The Bertz CT molecular complexity index is 518. The maximum Gasteiger partial charge on any atom is 0.194 e. The number of hydrogen-bond acceptors (Lipinski definition) is 5. The summed E-state index contributed by atoms with van der Waals surface area (Å²) in [4.78, 5) is 12.5. The van der Waals surface area contributed by atoms with Crippen LogP contribution in [0, 0.1) is 6.92 Å². The normalized spacial score (nSPS) is 10.4. The highest BCUT2D eigenvalue weighted by Crippen LogP contribution is 2.28. The van der Waals surface area contributed by atoms with E-state index in [0.717, 1.165) is 5.69 Å². The predicted octanol–water partition coefficient (Wildman–Crippen LogP) is 2.57. The Morgan fingerprint density at radius 3 is 2.81 bits per heavy atom. The van der Waals surface area contributed by atoms with Crippen molar-refractivity contribution in [1.29, 1.82) is 0 Å². The van der Waals surface area contributed by atoms with Gasteiger partial charge in [-0.15, -0.1) is 0 Å². The second kappa shape index (κ2) is 4.67. The third kappa shape index (κ3) is 2.62. The van der Waals surface area contributed by atoms with Gasteiger partial charge in [-0.3, -0.25) is 0 Å². The number of anilines is 1. The Hall–Kier alpha value is -1.33. The average Bonchev–Trinajstić information content (AvgIpc) is 2.24. The highest BCUT2D eigenvalue weighted by Gasteiger charge is 2.06. The highest BCUT2D eigenvalue weighted by molar-refractivity contribution is 7.99. The number of hydrogen-bond donors (Lipinski definition) is 1. The lowest BCUT2D eigenvalue weighted by molar-refractivity contribution is 0.928. The van der Waals surface area contributed by atoms with E-state index in [9.17, 15) is 0 Å². The Kier molecular flexibility index (Phi) is 3.26. The van der Waals surface area contributed by atoms with Crippen LogP contribution in [0.2, 0.25) is 5.15 Å². The molecule has 0 saturated heterocycles. The molecule has 0 aliphatic carbocycles. The minimum absolute atomic E-state index is 0.407. The molecule has 0 spiro atoms. The Labute approximate surface area is 102 Å². The summed E-state index contributed by atoms with van der Waals surface area (Å²) in [6.45, 7) is 1.90. The van der Waals surface area contributed by atoms with E-state index in [1.807, 2.05) is 13.0 Å². The quantitative estimate of drug-likeness (QED) is 0.657. The van der Waals surface area contributed by atoms with Crippen LogP contribution in [0.4, 0.5) is 5.69 Å². The molecule has 2 aromatic heterocycles. The summed E-state index contributed by atoms with van der Waals surface area (Å²) < 4.78 is 0. The van der Waals surface area contributed by atoms with Gasteiger partial charge in [-0.25, -0.2) is 15.0 Å². The van der Waals surface area contributed by atoms with Crippen molar-refractivity contribution in [2.45, 2.75) is 17.1 Å². The van der Waals surface area contributed by atoms with Crippen LogP contribution in [0.3, 0.4) is 0 Å². The number of aromatic nitrogens is 3. The van der Waals surface area contributed by atoms with Gasteiger partial charge in [0.25, 0.3) is 0 Å². The third-order valence-electron chi connectivity index (χ3n) is 1.82. The molecule has 2 rings (SSSR count). The molecule has 16 heavy (non-hydrogen) atoms. The molecule has 0 unspecified atom stereocenters. The fourth-order valence-corrected chi connectivity index (χ4v) is 2.08. The van der Waals surface area contributed by atoms with Crippen LogP contribution in [0.15, 0.2) is 34.6 Å². The van der Waals surface area contributed by atoms with E-state index in [1.54, 1.807) is 18.3 Å². The molecule has 0 radical (unpaired) electrons. The van der Waals surface area contributed by atoms with Gasteiger partial charge in [0.05, 0.1) is 5.69 Å². The van der Waals surface area contributed by atoms with Crippen molar-refractivity contribution in [3.63, 3.8) is 0 Å². The second-order valence-electron chi connectivity index (χ2n) is 3.11. The first-order chi connectivity index (χ1) is 7.65. The summed E-state index contributed by atoms with van der Waals surface area (Å²) in [5.74, 6) is 0. The SMILES string of the molecule is Cc1ccnc(Sc2nc(Cl)ccc2N)n1. The molecule has 2 heterocycles. The van der Waals surface area contributed by atoms with Crippen molar-refractivity contribution in [3.05, 3.63) is 35.2 Å². The fraction of sp³-hybridized carbons (Fsp3) is 0.100. The van der Waals surface area contributed by atoms with Gasteiger partial charge in [0.1, 0.15) is 10.2 Å². The van der Waals surface area contributed by atoms with Crippen LogP contribution in [0.25, 0.3) is 0 Å². The van der Waals surface area contributed by atoms with Gasteiger partial charge in [-0.05, 0) is 36.9 Å². The van der Waals surface area contributed by atoms with Gasteiger partial charge in [0, 0.05) is 11.9 Å². The standard InChI is InChI=1S/C10H9ClN4S/c1-6-4-5-13-10(14-6)16-9-7(12)2-3-8(11)15-9/h2-5H,12H2,1H3. The first-order valence-electron chi connectivity index (χ1n) is 4.54. The van der Waals surface area contributed by atoms with Gasteiger partial charge >= 0.3 is 0 Å². The summed E-state index contributed by atoms with van der Waals surface area (Å²) in [5.41, 5.74) is 7.25. The molecule has 0 aliphatic heterocycles. The summed E-state index contributed by atoms with van der Waals surface area (Å²) in [6, 6.07) is 5.20. The molecule has 82 valence electrons. The second-order valence-corrected chi connectivity index (χ2v) is 4.45. The van der Waals surface area contributed by atoms with Gasteiger partial charge in [0.15, 0.2) is 5.16 Å². The summed E-state index contributed by atoms with van der Waals surface area (Å²) >= 11 is 7.09. The van der Waals surface area contributed by atoms with Gasteiger partial charge < -0.3 is 5.73 Å². The lowest BCUT2D eigenvalue weighted by Crippen LogP contribution is -1.94. The number of nitrogens with zero attached hydrogens (tertiary/aromatic N) is 3. The van der Waals surface area contributed by atoms with E-state index in [2.05, 4.69) is 15.0 Å². The predicted molar refractivity (Wildman–Crippen MR) is 64.6 cm³/mol. The van der Waals surface area contributed by atoms with E-state index in [0.29, 0.717) is 21.0 Å². The third-order valence-corrected chi connectivity index (χ3v) is 2.93. The maximum absolute atomic E-state index is 5.79. The molecule has 6 heteroatoms. The molecule has 0 atom stereocenters. The monoisotopic (exact) mass is 252 g/mol. The molecule has 0 amide bonds. The Balaban J connectivity index is 2.30. The summed E-state index contributed by atoms with van der Waals surface area (Å²) in [5, 5.41) is 1.64. The molecule has 0 aromatic carbocycles.